The van der Waals surface area contributed by atoms with Gasteiger partial charge in [-0.1, -0.05) is 19.3 Å². The summed E-state index contributed by atoms with van der Waals surface area (Å²) in [4.78, 5) is 37.9. The fourth-order valence-electron chi connectivity index (χ4n) is 4.19. The second-order valence-corrected chi connectivity index (χ2v) is 8.37. The second-order valence-electron chi connectivity index (χ2n) is 8.37. The molecule has 0 spiro atoms. The molecular formula is C23H33FN4O3. The SMILES string of the molecule is O=CCCCCCCCN1CCN(c2ccc(NC3CCC(=O)NC3=O)cc2F)CC1. The molecule has 7 nitrogen and oxygen atoms in total. The number of halogens is 1. The molecule has 170 valence electrons. The molecule has 2 amide bonds. The van der Waals surface area contributed by atoms with Crippen LogP contribution in [0.25, 0.3) is 0 Å². The quantitative estimate of drug-likeness (QED) is 0.318. The van der Waals surface area contributed by atoms with Crippen LogP contribution in [0.15, 0.2) is 18.2 Å². The molecule has 8 heteroatoms. The zero-order valence-electron chi connectivity index (χ0n) is 18.1. The number of piperidine rings is 1. The number of hydrogen-bond donors (Lipinski definition) is 2. The summed E-state index contributed by atoms with van der Waals surface area (Å²) in [6, 6.07) is 4.46. The predicted molar refractivity (Wildman–Crippen MR) is 119 cm³/mol. The Hall–Kier alpha value is -2.48. The molecule has 2 aliphatic rings. The van der Waals surface area contributed by atoms with Gasteiger partial charge in [-0.2, -0.15) is 0 Å². The van der Waals surface area contributed by atoms with Crippen LogP contribution in [0.2, 0.25) is 0 Å². The van der Waals surface area contributed by atoms with E-state index in [0.717, 1.165) is 58.3 Å². The number of rotatable bonds is 11. The summed E-state index contributed by atoms with van der Waals surface area (Å²) in [5.74, 6) is -0.933. The van der Waals surface area contributed by atoms with E-state index in [-0.39, 0.29) is 24.1 Å². The van der Waals surface area contributed by atoms with E-state index in [1.54, 1.807) is 12.1 Å². The van der Waals surface area contributed by atoms with E-state index in [4.69, 9.17) is 0 Å². The molecule has 0 radical (unpaired) electrons. The molecule has 2 fully saturated rings. The maximum Gasteiger partial charge on any atom is 0.249 e. The summed E-state index contributed by atoms with van der Waals surface area (Å²) in [5.41, 5.74) is 1.13. The number of nitrogens with zero attached hydrogens (tertiary/aromatic N) is 2. The number of piperazine rings is 1. The van der Waals surface area contributed by atoms with Gasteiger partial charge in [0.05, 0.1) is 5.69 Å². The van der Waals surface area contributed by atoms with Crippen LogP contribution in [0.3, 0.4) is 0 Å². The summed E-state index contributed by atoms with van der Waals surface area (Å²) >= 11 is 0. The van der Waals surface area contributed by atoms with Crippen LogP contribution >= 0.6 is 0 Å². The number of unbranched alkanes of at least 4 members (excludes halogenated alkanes) is 5. The number of benzene rings is 1. The summed E-state index contributed by atoms with van der Waals surface area (Å²) in [5, 5.41) is 5.33. The fraction of sp³-hybridized carbons (Fsp3) is 0.609. The van der Waals surface area contributed by atoms with Gasteiger partial charge in [0.2, 0.25) is 11.8 Å². The van der Waals surface area contributed by atoms with Crippen molar-refractivity contribution in [2.45, 2.75) is 57.4 Å². The summed E-state index contributed by atoms with van der Waals surface area (Å²) in [7, 11) is 0. The smallest absolute Gasteiger partial charge is 0.249 e. The molecule has 1 aromatic rings. The summed E-state index contributed by atoms with van der Waals surface area (Å²) < 4.78 is 14.7. The third kappa shape index (κ3) is 7.02. The largest absolute Gasteiger partial charge is 0.374 e. The lowest BCUT2D eigenvalue weighted by atomic mass is 10.1. The molecule has 2 N–H and O–H groups in total. The highest BCUT2D eigenvalue weighted by Crippen LogP contribution is 2.25. The molecule has 0 saturated carbocycles. The van der Waals surface area contributed by atoms with Gasteiger partial charge in [-0.05, 0) is 44.0 Å². The molecule has 2 heterocycles. The minimum Gasteiger partial charge on any atom is -0.374 e. The monoisotopic (exact) mass is 432 g/mol. The van der Waals surface area contributed by atoms with Gasteiger partial charge >= 0.3 is 0 Å². The number of anilines is 2. The lowest BCUT2D eigenvalue weighted by molar-refractivity contribution is -0.133. The third-order valence-corrected chi connectivity index (χ3v) is 6.04. The van der Waals surface area contributed by atoms with Gasteiger partial charge in [-0.15, -0.1) is 0 Å². The Kier molecular flexibility index (Phi) is 8.82. The Bertz CT molecular complexity index is 765. The summed E-state index contributed by atoms with van der Waals surface area (Å²) in [6.07, 6.45) is 8.01. The van der Waals surface area contributed by atoms with E-state index in [1.165, 1.54) is 18.9 Å². The van der Waals surface area contributed by atoms with Crippen molar-refractivity contribution >= 4 is 29.5 Å². The van der Waals surface area contributed by atoms with Crippen LogP contribution in [-0.2, 0) is 14.4 Å². The van der Waals surface area contributed by atoms with E-state index in [2.05, 4.69) is 20.4 Å². The Balaban J connectivity index is 1.40. The standard InChI is InChI=1S/C23H33FN4O3/c24-19-17-18(25-20-8-10-22(30)26-23(20)31)7-9-21(19)28-14-12-27(13-15-28)11-5-3-1-2-4-6-16-29/h7,9,16-17,20,25H,1-6,8,10-15H2,(H,26,30,31). The highest BCUT2D eigenvalue weighted by atomic mass is 19.1. The van der Waals surface area contributed by atoms with Gasteiger partial charge in [-0.25, -0.2) is 4.39 Å². The second kappa shape index (κ2) is 11.8. The van der Waals surface area contributed by atoms with E-state index in [0.29, 0.717) is 24.2 Å². The lowest BCUT2D eigenvalue weighted by Crippen LogP contribution is -2.47. The topological polar surface area (TPSA) is 81.8 Å². The Labute approximate surface area is 183 Å². The van der Waals surface area contributed by atoms with Gasteiger partial charge in [0.15, 0.2) is 0 Å². The van der Waals surface area contributed by atoms with Crippen LogP contribution in [0, 0.1) is 5.82 Å². The molecule has 0 bridgehead atoms. The average Bonchev–Trinajstić information content (AvgIpc) is 2.76. The third-order valence-electron chi connectivity index (χ3n) is 6.04. The first-order valence-corrected chi connectivity index (χ1v) is 11.4. The fourth-order valence-corrected chi connectivity index (χ4v) is 4.19. The first-order valence-electron chi connectivity index (χ1n) is 11.4. The zero-order valence-corrected chi connectivity index (χ0v) is 18.1. The minimum absolute atomic E-state index is 0.265. The van der Waals surface area contributed by atoms with Crippen molar-refractivity contribution in [1.29, 1.82) is 0 Å². The van der Waals surface area contributed by atoms with Crippen molar-refractivity contribution in [2.75, 3.05) is 42.9 Å². The average molecular weight is 433 g/mol. The maximum atomic E-state index is 14.7. The van der Waals surface area contributed by atoms with Crippen LogP contribution in [-0.4, -0.2) is 61.8 Å². The maximum absolute atomic E-state index is 14.7. The van der Waals surface area contributed by atoms with Gasteiger partial charge in [-0.3, -0.25) is 19.8 Å². The number of amides is 2. The Morgan fingerprint density at radius 3 is 2.52 bits per heavy atom. The van der Waals surface area contributed by atoms with E-state index >= 15 is 0 Å². The van der Waals surface area contributed by atoms with Crippen molar-refractivity contribution in [3.8, 4) is 0 Å². The van der Waals surface area contributed by atoms with E-state index in [1.807, 2.05) is 0 Å². The highest BCUT2D eigenvalue weighted by Gasteiger charge is 2.26. The number of carbonyl (C=O) groups is 3. The van der Waals surface area contributed by atoms with Gasteiger partial charge in [0.1, 0.15) is 18.1 Å². The van der Waals surface area contributed by atoms with Gasteiger partial charge in [0.25, 0.3) is 0 Å². The van der Waals surface area contributed by atoms with E-state index in [9.17, 15) is 18.8 Å². The highest BCUT2D eigenvalue weighted by molar-refractivity contribution is 6.01. The van der Waals surface area contributed by atoms with Crippen LogP contribution in [0.4, 0.5) is 15.8 Å². The first kappa shape index (κ1) is 23.2. The predicted octanol–water partition coefficient (Wildman–Crippen LogP) is 2.70. The van der Waals surface area contributed by atoms with Gasteiger partial charge < -0.3 is 15.0 Å². The van der Waals surface area contributed by atoms with Crippen molar-refractivity contribution in [1.82, 2.24) is 10.2 Å². The van der Waals surface area contributed by atoms with Crippen molar-refractivity contribution in [3.63, 3.8) is 0 Å². The molecule has 0 aromatic heterocycles. The summed E-state index contributed by atoms with van der Waals surface area (Å²) in [6.45, 7) is 4.48. The molecule has 0 aliphatic carbocycles. The Morgan fingerprint density at radius 2 is 1.81 bits per heavy atom. The van der Waals surface area contributed by atoms with Crippen LogP contribution in [0.1, 0.15) is 51.4 Å². The number of aldehydes is 1. The van der Waals surface area contributed by atoms with Crippen molar-refractivity contribution in [3.05, 3.63) is 24.0 Å². The molecule has 31 heavy (non-hydrogen) atoms. The zero-order chi connectivity index (χ0) is 22.1. The number of hydrogen-bond acceptors (Lipinski definition) is 6. The molecule has 1 aromatic carbocycles. The minimum atomic E-state index is -0.517. The van der Waals surface area contributed by atoms with Crippen molar-refractivity contribution in [2.24, 2.45) is 0 Å². The molecule has 2 aliphatic heterocycles. The van der Waals surface area contributed by atoms with Crippen LogP contribution in [0.5, 0.6) is 0 Å². The first-order chi connectivity index (χ1) is 15.1. The molecule has 2 saturated heterocycles. The van der Waals surface area contributed by atoms with Crippen LogP contribution < -0.4 is 15.5 Å². The number of imide groups is 1. The lowest BCUT2D eigenvalue weighted by Gasteiger charge is -2.36. The normalized spacial score (nSPS) is 19.9. The molecule has 3 rings (SSSR count). The van der Waals surface area contributed by atoms with Crippen molar-refractivity contribution < 1.29 is 18.8 Å². The number of carbonyl (C=O) groups excluding carboxylic acids is 3. The molecule has 1 unspecified atom stereocenters. The molecule has 1 atom stereocenters. The molecular weight excluding hydrogens is 399 g/mol. The van der Waals surface area contributed by atoms with Gasteiger partial charge in [0, 0.05) is 44.7 Å². The van der Waals surface area contributed by atoms with E-state index < -0.39 is 6.04 Å². The Morgan fingerprint density at radius 1 is 1.06 bits per heavy atom. The number of nitrogens with one attached hydrogen (secondary N) is 2.